The Kier molecular flexibility index (Phi) is 5.41. The number of nitrogens with zero attached hydrogens (tertiary/aromatic N) is 1. The number of hydrogen-bond donors (Lipinski definition) is 1. The predicted molar refractivity (Wildman–Crippen MR) is 86.0 cm³/mol. The Morgan fingerprint density at radius 2 is 1.95 bits per heavy atom. The first kappa shape index (κ1) is 16.3. The molecule has 1 saturated heterocycles. The van der Waals surface area contributed by atoms with Crippen LogP contribution in [0.15, 0.2) is 24.3 Å². The van der Waals surface area contributed by atoms with Crippen molar-refractivity contribution in [3.63, 3.8) is 0 Å². The Hall–Kier alpha value is -2.04. The number of nitrogens with one attached hydrogen (secondary N) is 1. The van der Waals surface area contributed by atoms with Crippen molar-refractivity contribution >= 4 is 17.5 Å². The topological polar surface area (TPSA) is 58.6 Å². The largest absolute Gasteiger partial charge is 0.497 e. The van der Waals surface area contributed by atoms with Gasteiger partial charge in [-0.1, -0.05) is 13.8 Å². The zero-order valence-electron chi connectivity index (χ0n) is 13.5. The maximum atomic E-state index is 12.2. The van der Waals surface area contributed by atoms with Gasteiger partial charge in [-0.05, 0) is 37.1 Å². The summed E-state index contributed by atoms with van der Waals surface area (Å²) in [7, 11) is 1.61. The molecule has 1 atom stereocenters. The number of methoxy groups -OCH3 is 1. The van der Waals surface area contributed by atoms with E-state index in [1.54, 1.807) is 12.0 Å². The molecular formula is C17H24N2O3. The van der Waals surface area contributed by atoms with Crippen LogP contribution < -0.4 is 15.0 Å². The van der Waals surface area contributed by atoms with Crippen molar-refractivity contribution in [3.05, 3.63) is 24.3 Å². The zero-order valence-corrected chi connectivity index (χ0v) is 13.5. The summed E-state index contributed by atoms with van der Waals surface area (Å²) < 4.78 is 5.12. The molecule has 0 spiro atoms. The number of benzene rings is 1. The quantitative estimate of drug-likeness (QED) is 0.877. The summed E-state index contributed by atoms with van der Waals surface area (Å²) in [5, 5.41) is 3.01. The van der Waals surface area contributed by atoms with E-state index < -0.39 is 0 Å². The molecular weight excluding hydrogens is 280 g/mol. The molecule has 0 bridgehead atoms. The van der Waals surface area contributed by atoms with Gasteiger partial charge in [-0.15, -0.1) is 0 Å². The molecule has 2 amide bonds. The summed E-state index contributed by atoms with van der Waals surface area (Å²) >= 11 is 0. The molecule has 0 aliphatic carbocycles. The molecule has 1 N–H and O–H groups in total. The summed E-state index contributed by atoms with van der Waals surface area (Å²) in [5.41, 5.74) is 0.838. The van der Waals surface area contributed by atoms with Crippen molar-refractivity contribution in [1.29, 1.82) is 0 Å². The lowest BCUT2D eigenvalue weighted by atomic mass is 10.0. The minimum Gasteiger partial charge on any atom is -0.497 e. The highest BCUT2D eigenvalue weighted by molar-refractivity contribution is 5.97. The molecule has 1 aliphatic heterocycles. The molecule has 22 heavy (non-hydrogen) atoms. The van der Waals surface area contributed by atoms with Crippen LogP contribution >= 0.6 is 0 Å². The van der Waals surface area contributed by atoms with E-state index in [4.69, 9.17) is 4.74 Å². The second kappa shape index (κ2) is 7.29. The molecule has 120 valence electrons. The Morgan fingerprint density at radius 3 is 2.50 bits per heavy atom. The Labute approximate surface area is 131 Å². The first-order valence-corrected chi connectivity index (χ1v) is 7.83. The van der Waals surface area contributed by atoms with E-state index >= 15 is 0 Å². The molecule has 1 fully saturated rings. The molecule has 1 aromatic rings. The van der Waals surface area contributed by atoms with Crippen molar-refractivity contribution in [2.45, 2.75) is 39.2 Å². The van der Waals surface area contributed by atoms with Gasteiger partial charge in [-0.25, -0.2) is 0 Å². The predicted octanol–water partition coefficient (Wildman–Crippen LogP) is 2.35. The highest BCUT2D eigenvalue weighted by Crippen LogP contribution is 2.24. The number of ether oxygens (including phenoxy) is 1. The van der Waals surface area contributed by atoms with Crippen LogP contribution in [-0.4, -0.2) is 31.5 Å². The summed E-state index contributed by atoms with van der Waals surface area (Å²) in [6.45, 7) is 4.55. The van der Waals surface area contributed by atoms with Crippen LogP contribution in [0.25, 0.3) is 0 Å². The maximum Gasteiger partial charge on any atom is 0.229 e. The van der Waals surface area contributed by atoms with Gasteiger partial charge in [0.15, 0.2) is 0 Å². The van der Waals surface area contributed by atoms with Crippen molar-refractivity contribution in [2.75, 3.05) is 18.6 Å². The maximum absolute atomic E-state index is 12.2. The highest BCUT2D eigenvalue weighted by Gasteiger charge is 2.32. The third-order valence-electron chi connectivity index (χ3n) is 4.21. The second-order valence-electron chi connectivity index (χ2n) is 5.63. The van der Waals surface area contributed by atoms with Gasteiger partial charge < -0.3 is 15.0 Å². The van der Waals surface area contributed by atoms with E-state index in [1.807, 2.05) is 38.1 Å². The van der Waals surface area contributed by atoms with Crippen LogP contribution in [0.1, 0.15) is 33.1 Å². The van der Waals surface area contributed by atoms with Gasteiger partial charge in [0.1, 0.15) is 5.75 Å². The number of carbonyl (C=O) groups is 2. The fourth-order valence-corrected chi connectivity index (χ4v) is 2.79. The normalized spacial score (nSPS) is 17.9. The summed E-state index contributed by atoms with van der Waals surface area (Å²) in [6.07, 6.45) is 2.01. The van der Waals surface area contributed by atoms with E-state index in [0.717, 1.165) is 24.3 Å². The summed E-state index contributed by atoms with van der Waals surface area (Å²) in [6, 6.07) is 7.28. The van der Waals surface area contributed by atoms with Gasteiger partial charge in [0, 0.05) is 24.6 Å². The third kappa shape index (κ3) is 3.59. The Balaban J connectivity index is 1.99. The molecule has 2 rings (SSSR count). The van der Waals surface area contributed by atoms with E-state index in [1.165, 1.54) is 0 Å². The molecule has 1 aromatic carbocycles. The van der Waals surface area contributed by atoms with Gasteiger partial charge in [0.2, 0.25) is 11.8 Å². The lowest BCUT2D eigenvalue weighted by Gasteiger charge is -2.19. The van der Waals surface area contributed by atoms with Crippen molar-refractivity contribution in [2.24, 2.45) is 5.92 Å². The summed E-state index contributed by atoms with van der Waals surface area (Å²) in [5.74, 6) is 0.888. The van der Waals surface area contributed by atoms with Crippen LogP contribution in [0, 0.1) is 5.92 Å². The fraction of sp³-hybridized carbons (Fsp3) is 0.529. The molecule has 0 radical (unpaired) electrons. The average molecular weight is 304 g/mol. The molecule has 1 aliphatic rings. The van der Waals surface area contributed by atoms with E-state index in [-0.39, 0.29) is 23.8 Å². The van der Waals surface area contributed by atoms with Crippen molar-refractivity contribution in [3.8, 4) is 5.75 Å². The van der Waals surface area contributed by atoms with E-state index in [2.05, 4.69) is 5.32 Å². The number of rotatable bonds is 6. The molecule has 0 saturated carbocycles. The van der Waals surface area contributed by atoms with Crippen molar-refractivity contribution in [1.82, 2.24) is 5.32 Å². The summed E-state index contributed by atoms with van der Waals surface area (Å²) in [4.78, 5) is 26.0. The number of anilines is 1. The van der Waals surface area contributed by atoms with Gasteiger partial charge in [0.25, 0.3) is 0 Å². The van der Waals surface area contributed by atoms with Crippen LogP contribution in [0.2, 0.25) is 0 Å². The molecule has 1 heterocycles. The second-order valence-corrected chi connectivity index (χ2v) is 5.63. The van der Waals surface area contributed by atoms with Crippen LogP contribution in [0.3, 0.4) is 0 Å². The SMILES string of the molecule is CCC(CC)C(=O)NC1CC(=O)N(c2ccc(OC)cc2)C1. The fourth-order valence-electron chi connectivity index (χ4n) is 2.79. The smallest absolute Gasteiger partial charge is 0.229 e. The number of amides is 2. The number of carbonyl (C=O) groups excluding carboxylic acids is 2. The molecule has 1 unspecified atom stereocenters. The lowest BCUT2D eigenvalue weighted by Crippen LogP contribution is -2.40. The van der Waals surface area contributed by atoms with Crippen molar-refractivity contribution < 1.29 is 14.3 Å². The number of hydrogen-bond acceptors (Lipinski definition) is 3. The van der Waals surface area contributed by atoms with Crippen LogP contribution in [0.4, 0.5) is 5.69 Å². The molecule has 0 aromatic heterocycles. The monoisotopic (exact) mass is 304 g/mol. The standard InChI is InChI=1S/C17H24N2O3/c1-4-12(5-2)17(21)18-13-10-16(20)19(11-13)14-6-8-15(22-3)9-7-14/h6-9,12-13H,4-5,10-11H2,1-3H3,(H,18,21). The highest BCUT2D eigenvalue weighted by atomic mass is 16.5. The third-order valence-corrected chi connectivity index (χ3v) is 4.21. The van der Waals surface area contributed by atoms with E-state index in [0.29, 0.717) is 13.0 Å². The minimum absolute atomic E-state index is 0.0325. The van der Waals surface area contributed by atoms with Gasteiger partial charge >= 0.3 is 0 Å². The lowest BCUT2D eigenvalue weighted by molar-refractivity contribution is -0.125. The molecule has 5 heteroatoms. The van der Waals surface area contributed by atoms with Gasteiger partial charge in [0.05, 0.1) is 13.2 Å². The minimum atomic E-state index is -0.109. The van der Waals surface area contributed by atoms with Crippen LogP contribution in [0.5, 0.6) is 5.75 Å². The first-order chi connectivity index (χ1) is 10.6. The van der Waals surface area contributed by atoms with Gasteiger partial charge in [-0.3, -0.25) is 9.59 Å². The molecule has 5 nitrogen and oxygen atoms in total. The first-order valence-electron chi connectivity index (χ1n) is 7.83. The van der Waals surface area contributed by atoms with Crippen LogP contribution in [-0.2, 0) is 9.59 Å². The van der Waals surface area contributed by atoms with E-state index in [9.17, 15) is 9.59 Å². The zero-order chi connectivity index (χ0) is 16.1. The Morgan fingerprint density at radius 1 is 1.32 bits per heavy atom. The van der Waals surface area contributed by atoms with Gasteiger partial charge in [-0.2, -0.15) is 0 Å². The average Bonchev–Trinajstić information content (AvgIpc) is 2.89. The Bertz CT molecular complexity index is 523.